The predicted octanol–water partition coefficient (Wildman–Crippen LogP) is -0.119. The van der Waals surface area contributed by atoms with E-state index < -0.39 is 12.0 Å². The molecular formula is C13H13NO3. The number of hydrogen-bond acceptors (Lipinski definition) is 3. The van der Waals surface area contributed by atoms with Gasteiger partial charge in [0, 0.05) is 5.56 Å². The van der Waals surface area contributed by atoms with E-state index in [1.54, 1.807) is 13.2 Å². The Morgan fingerprint density at radius 2 is 1.88 bits per heavy atom. The number of fused-ring (bicyclic) bond motifs is 1. The summed E-state index contributed by atoms with van der Waals surface area (Å²) >= 11 is 0. The molecule has 1 atom stereocenters. The number of methoxy groups -OCH3 is 1. The number of carbonyl (C=O) groups excluding carboxylic acids is 1. The largest absolute Gasteiger partial charge is 0.544 e. The zero-order valence-electron chi connectivity index (χ0n) is 9.47. The summed E-state index contributed by atoms with van der Waals surface area (Å²) in [5.74, 6) is -0.394. The normalized spacial score (nSPS) is 12.4. The third-order valence-corrected chi connectivity index (χ3v) is 2.76. The molecule has 0 aliphatic heterocycles. The van der Waals surface area contributed by atoms with Crippen LogP contribution >= 0.6 is 0 Å². The molecule has 0 amide bonds. The van der Waals surface area contributed by atoms with Gasteiger partial charge >= 0.3 is 0 Å². The highest BCUT2D eigenvalue weighted by Gasteiger charge is 2.10. The first-order chi connectivity index (χ1) is 8.11. The lowest BCUT2D eigenvalue weighted by molar-refractivity contribution is -0.443. The summed E-state index contributed by atoms with van der Waals surface area (Å²) in [6.07, 6.45) is 0. The number of quaternary nitrogens is 1. The number of aliphatic carboxylic acids is 1. The maximum absolute atomic E-state index is 10.7. The Morgan fingerprint density at radius 1 is 1.24 bits per heavy atom. The lowest BCUT2D eigenvalue weighted by Gasteiger charge is -2.10. The second-order valence-corrected chi connectivity index (χ2v) is 3.84. The molecule has 0 fully saturated rings. The average molecular weight is 231 g/mol. The molecule has 2 aromatic rings. The number of carbonyl (C=O) groups is 1. The van der Waals surface area contributed by atoms with Crippen LogP contribution in [0.2, 0.25) is 0 Å². The fourth-order valence-corrected chi connectivity index (χ4v) is 1.72. The predicted molar refractivity (Wildman–Crippen MR) is 61.1 cm³/mol. The molecule has 0 aliphatic rings. The molecule has 3 N–H and O–H groups in total. The molecule has 0 saturated heterocycles. The van der Waals surface area contributed by atoms with Crippen molar-refractivity contribution in [2.75, 3.05) is 7.11 Å². The van der Waals surface area contributed by atoms with Crippen molar-refractivity contribution in [1.82, 2.24) is 0 Å². The molecule has 0 bridgehead atoms. The van der Waals surface area contributed by atoms with E-state index >= 15 is 0 Å². The van der Waals surface area contributed by atoms with Crippen molar-refractivity contribution >= 4 is 16.7 Å². The van der Waals surface area contributed by atoms with Crippen LogP contribution in [0.4, 0.5) is 0 Å². The van der Waals surface area contributed by atoms with E-state index in [2.05, 4.69) is 5.73 Å². The van der Waals surface area contributed by atoms with Gasteiger partial charge in [0.05, 0.1) is 7.11 Å². The minimum atomic E-state index is -1.17. The van der Waals surface area contributed by atoms with E-state index in [9.17, 15) is 9.90 Å². The van der Waals surface area contributed by atoms with Gasteiger partial charge in [-0.2, -0.15) is 0 Å². The highest BCUT2D eigenvalue weighted by atomic mass is 16.5. The Labute approximate surface area is 98.6 Å². The summed E-state index contributed by atoms with van der Waals surface area (Å²) in [5.41, 5.74) is 4.20. The zero-order chi connectivity index (χ0) is 12.4. The van der Waals surface area contributed by atoms with Crippen LogP contribution in [-0.4, -0.2) is 13.1 Å². The SMILES string of the molecule is COc1ccc2cc([C@@H]([NH3+])C(=O)[O-])ccc2c1. The van der Waals surface area contributed by atoms with E-state index in [-0.39, 0.29) is 0 Å². The monoisotopic (exact) mass is 231 g/mol. The van der Waals surface area contributed by atoms with Gasteiger partial charge in [-0.05, 0) is 29.0 Å². The number of hydrogen-bond donors (Lipinski definition) is 1. The molecule has 0 spiro atoms. The molecule has 4 nitrogen and oxygen atoms in total. The molecule has 2 rings (SSSR count). The van der Waals surface area contributed by atoms with Crippen LogP contribution in [0.1, 0.15) is 11.6 Å². The molecule has 17 heavy (non-hydrogen) atoms. The summed E-state index contributed by atoms with van der Waals surface area (Å²) in [6, 6.07) is 10.2. The van der Waals surface area contributed by atoms with E-state index in [4.69, 9.17) is 4.74 Å². The summed E-state index contributed by atoms with van der Waals surface area (Å²) in [4.78, 5) is 10.7. The van der Waals surface area contributed by atoms with Gasteiger partial charge in [-0.25, -0.2) is 0 Å². The van der Waals surface area contributed by atoms with E-state index in [0.29, 0.717) is 5.56 Å². The van der Waals surface area contributed by atoms with Crippen molar-refractivity contribution in [3.63, 3.8) is 0 Å². The lowest BCUT2D eigenvalue weighted by Crippen LogP contribution is -2.61. The molecule has 4 heteroatoms. The van der Waals surface area contributed by atoms with Crippen molar-refractivity contribution < 1.29 is 20.4 Å². The second-order valence-electron chi connectivity index (χ2n) is 3.84. The van der Waals surface area contributed by atoms with Crippen LogP contribution in [0.25, 0.3) is 10.8 Å². The van der Waals surface area contributed by atoms with Crippen LogP contribution in [0, 0.1) is 0 Å². The van der Waals surface area contributed by atoms with Crippen molar-refractivity contribution in [2.45, 2.75) is 6.04 Å². The number of benzene rings is 2. The van der Waals surface area contributed by atoms with Crippen molar-refractivity contribution in [1.29, 1.82) is 0 Å². The van der Waals surface area contributed by atoms with Crippen molar-refractivity contribution in [3.05, 3.63) is 42.0 Å². The number of carboxylic acids is 1. The summed E-state index contributed by atoms with van der Waals surface area (Å²) < 4.78 is 5.12. The highest BCUT2D eigenvalue weighted by molar-refractivity contribution is 5.85. The minimum Gasteiger partial charge on any atom is -0.544 e. The van der Waals surface area contributed by atoms with Crippen LogP contribution in [-0.2, 0) is 4.79 Å². The molecule has 2 aromatic carbocycles. The quantitative estimate of drug-likeness (QED) is 0.800. The summed E-state index contributed by atoms with van der Waals surface area (Å²) in [6.45, 7) is 0. The van der Waals surface area contributed by atoms with E-state index in [1.807, 2.05) is 30.3 Å². The van der Waals surface area contributed by atoms with E-state index in [1.165, 1.54) is 0 Å². The molecule has 0 radical (unpaired) electrons. The Bertz CT molecular complexity index is 566. The molecule has 0 aliphatic carbocycles. The fraction of sp³-hybridized carbons (Fsp3) is 0.154. The van der Waals surface area contributed by atoms with Crippen LogP contribution < -0.4 is 15.6 Å². The van der Waals surface area contributed by atoms with Gasteiger partial charge in [0.15, 0.2) is 6.04 Å². The molecule has 0 heterocycles. The van der Waals surface area contributed by atoms with Gasteiger partial charge in [0.2, 0.25) is 0 Å². The number of carboxylic acid groups (broad SMARTS) is 1. The molecule has 88 valence electrons. The van der Waals surface area contributed by atoms with Crippen LogP contribution in [0.3, 0.4) is 0 Å². The highest BCUT2D eigenvalue weighted by Crippen LogP contribution is 2.23. The molecule has 0 saturated carbocycles. The van der Waals surface area contributed by atoms with Crippen molar-refractivity contribution in [2.24, 2.45) is 0 Å². The molecule has 0 aromatic heterocycles. The van der Waals surface area contributed by atoms with Gasteiger partial charge in [0.1, 0.15) is 11.7 Å². The van der Waals surface area contributed by atoms with Gasteiger partial charge < -0.3 is 20.4 Å². The fourth-order valence-electron chi connectivity index (χ4n) is 1.72. The van der Waals surface area contributed by atoms with Crippen molar-refractivity contribution in [3.8, 4) is 5.75 Å². The third-order valence-electron chi connectivity index (χ3n) is 2.76. The Balaban J connectivity index is 2.48. The van der Waals surface area contributed by atoms with Gasteiger partial charge in [-0.1, -0.05) is 18.2 Å². The Kier molecular flexibility index (Phi) is 2.97. The zero-order valence-corrected chi connectivity index (χ0v) is 9.47. The summed E-state index contributed by atoms with van der Waals surface area (Å²) in [5, 5.41) is 12.7. The Morgan fingerprint density at radius 3 is 2.53 bits per heavy atom. The topological polar surface area (TPSA) is 77.0 Å². The maximum atomic E-state index is 10.7. The van der Waals surface area contributed by atoms with Gasteiger partial charge in [0.25, 0.3) is 0 Å². The maximum Gasteiger partial charge on any atom is 0.150 e. The number of ether oxygens (including phenoxy) is 1. The molecular weight excluding hydrogens is 218 g/mol. The first-order valence-corrected chi connectivity index (χ1v) is 5.23. The third kappa shape index (κ3) is 2.21. The van der Waals surface area contributed by atoms with Crippen LogP contribution in [0.5, 0.6) is 5.75 Å². The standard InChI is InChI=1S/C13H13NO3/c1-17-11-5-4-8-6-10(12(14)13(15)16)3-2-9(8)7-11/h2-7,12H,14H2,1H3,(H,15,16)/t12-/m1/s1. The first kappa shape index (κ1) is 11.4. The lowest BCUT2D eigenvalue weighted by atomic mass is 10.0. The van der Waals surface area contributed by atoms with Crippen LogP contribution in [0.15, 0.2) is 36.4 Å². The average Bonchev–Trinajstić information content (AvgIpc) is 2.36. The molecule has 0 unspecified atom stereocenters. The first-order valence-electron chi connectivity index (χ1n) is 5.23. The Hall–Kier alpha value is -2.07. The summed E-state index contributed by atoms with van der Waals surface area (Å²) in [7, 11) is 1.61. The van der Waals surface area contributed by atoms with Gasteiger partial charge in [-0.15, -0.1) is 0 Å². The minimum absolute atomic E-state index is 0.641. The van der Waals surface area contributed by atoms with Gasteiger partial charge in [-0.3, -0.25) is 0 Å². The smallest absolute Gasteiger partial charge is 0.150 e. The van der Waals surface area contributed by atoms with E-state index in [0.717, 1.165) is 16.5 Å². The second kappa shape index (κ2) is 4.43. The number of rotatable bonds is 3.